The van der Waals surface area contributed by atoms with Crippen molar-refractivity contribution in [2.24, 2.45) is 10.0 Å². The minimum atomic E-state index is -1.64. The van der Waals surface area contributed by atoms with Gasteiger partial charge in [-0.3, -0.25) is 5.32 Å². The number of nitrogen functional groups attached to an aromatic ring is 1. The third-order valence-corrected chi connectivity index (χ3v) is 5.51. The van der Waals surface area contributed by atoms with E-state index in [4.69, 9.17) is 20.5 Å². The summed E-state index contributed by atoms with van der Waals surface area (Å²) in [7, 11) is -2.66. The monoisotopic (exact) mass is 366 g/mol. The van der Waals surface area contributed by atoms with Crippen molar-refractivity contribution in [2.45, 2.75) is 25.7 Å². The van der Waals surface area contributed by atoms with E-state index >= 15 is 0 Å². The predicted molar refractivity (Wildman–Crippen MR) is 108 cm³/mol. The maximum Gasteiger partial charge on any atom is 0.411 e. The van der Waals surface area contributed by atoms with Gasteiger partial charge in [-0.15, -0.1) is 10.2 Å². The molecule has 0 saturated heterocycles. The van der Waals surface area contributed by atoms with Gasteiger partial charge in [-0.25, -0.2) is 9.19 Å². The van der Waals surface area contributed by atoms with Crippen molar-refractivity contribution in [3.63, 3.8) is 0 Å². The van der Waals surface area contributed by atoms with Crippen LogP contribution in [0.4, 0.5) is 16.2 Å². The molecule has 0 fully saturated rings. The zero-order valence-corrected chi connectivity index (χ0v) is 16.2. The number of benzene rings is 1. The Morgan fingerprint density at radius 2 is 2.08 bits per heavy atom. The lowest BCUT2D eigenvalue weighted by Gasteiger charge is -2.29. The summed E-state index contributed by atoms with van der Waals surface area (Å²) in [6.45, 7) is 5.60. The Balaban J connectivity index is 3.24. The van der Waals surface area contributed by atoms with Gasteiger partial charge in [0, 0.05) is 16.3 Å². The first-order valence-electron chi connectivity index (χ1n) is 7.82. The van der Waals surface area contributed by atoms with Gasteiger partial charge in [0.05, 0.1) is 12.3 Å². The van der Waals surface area contributed by atoms with Gasteiger partial charge in [0.2, 0.25) is 0 Å². The molecule has 25 heavy (non-hydrogen) atoms. The molecule has 9 heteroatoms. The molecule has 1 aromatic carbocycles. The molecule has 7 nitrogen and oxygen atoms in total. The Kier molecular flexibility index (Phi) is 7.53. The smallest absolute Gasteiger partial charge is 0.411 e. The largest absolute Gasteiger partial charge is 0.450 e. The van der Waals surface area contributed by atoms with Crippen molar-refractivity contribution in [1.29, 1.82) is 0 Å². The molecule has 0 atom stereocenters. The second kappa shape index (κ2) is 8.93. The van der Waals surface area contributed by atoms with Gasteiger partial charge in [0.25, 0.3) is 0 Å². The van der Waals surface area contributed by atoms with E-state index < -0.39 is 23.4 Å². The molecule has 1 rings (SSSR count). The first-order chi connectivity index (χ1) is 11.6. The number of amides is 1. The average Bonchev–Trinajstić information content (AvgIpc) is 2.46. The van der Waals surface area contributed by atoms with E-state index in [0.29, 0.717) is 16.8 Å². The van der Waals surface area contributed by atoms with Crippen molar-refractivity contribution in [1.82, 2.24) is 0 Å². The summed E-state index contributed by atoms with van der Waals surface area (Å²) in [5.41, 5.74) is 13.8. The van der Waals surface area contributed by atoms with E-state index in [2.05, 4.69) is 5.32 Å². The molecular formula is C16H27BN4O3S. The molecule has 1 amide bonds. The van der Waals surface area contributed by atoms with E-state index in [1.165, 1.54) is 0 Å². The normalized spacial score (nSPS) is 13.4. The summed E-state index contributed by atoms with van der Waals surface area (Å²) < 4.78 is 9.71. The van der Waals surface area contributed by atoms with Gasteiger partial charge in [0.15, 0.2) is 0 Å². The number of rotatable bonds is 6. The van der Waals surface area contributed by atoms with Gasteiger partial charge < -0.3 is 21.1 Å². The van der Waals surface area contributed by atoms with E-state index in [0.717, 1.165) is 10.6 Å². The Morgan fingerprint density at radius 3 is 2.64 bits per heavy atom. The van der Waals surface area contributed by atoms with Gasteiger partial charge >= 0.3 is 13.1 Å². The number of anilines is 2. The molecule has 0 unspecified atom stereocenters. The number of ether oxygens (including phenoxy) is 1. The van der Waals surface area contributed by atoms with Crippen LogP contribution in [0.5, 0.6) is 0 Å². The first-order valence-corrected chi connectivity index (χ1v) is 10.2. The molecule has 0 radical (unpaired) electrons. The lowest BCUT2D eigenvalue weighted by atomic mass is 9.76. The van der Waals surface area contributed by atoms with Crippen molar-refractivity contribution < 1.29 is 14.6 Å². The van der Waals surface area contributed by atoms with E-state index in [1.807, 2.05) is 25.5 Å². The standard InChI is InChI=1S/C16H27BN4O3S/c1-6-24-16(22)20-14-10-13(18)7-8-15(14)25(4,5)21-12(3)9-11(2)17(19)23/h7-10,23H,6,18-19H2,1-5H3,(H,20,22)/b11-9+,21-12?. The molecular weight excluding hydrogens is 339 g/mol. The fourth-order valence-electron chi connectivity index (χ4n) is 2.21. The van der Waals surface area contributed by atoms with Gasteiger partial charge in [-0.05, 0) is 57.6 Å². The van der Waals surface area contributed by atoms with Crippen LogP contribution < -0.4 is 16.7 Å². The Hall–Kier alpha value is -1.97. The average molecular weight is 366 g/mol. The highest BCUT2D eigenvalue weighted by molar-refractivity contribution is 8.31. The zero-order chi connectivity index (χ0) is 19.2. The lowest BCUT2D eigenvalue weighted by molar-refractivity contribution is 0.168. The summed E-state index contributed by atoms with van der Waals surface area (Å²) in [5, 5.41) is 12.1. The molecule has 0 aliphatic rings. The van der Waals surface area contributed by atoms with Gasteiger partial charge in [0.1, 0.15) is 0 Å². The summed E-state index contributed by atoms with van der Waals surface area (Å²) in [4.78, 5) is 12.7. The van der Waals surface area contributed by atoms with Crippen LogP contribution >= 0.6 is 10.2 Å². The van der Waals surface area contributed by atoms with Crippen molar-refractivity contribution in [3.8, 4) is 0 Å². The van der Waals surface area contributed by atoms with E-state index in [-0.39, 0.29) is 6.61 Å². The fraction of sp³-hybridized carbons (Fsp3) is 0.375. The third kappa shape index (κ3) is 6.45. The fourth-order valence-corrected chi connectivity index (χ4v) is 4.13. The SMILES string of the molecule is CCOC(=O)Nc1cc(N)ccc1S(C)(C)N=C(C)/C=C(\C)B(N)O. The number of nitrogens with zero attached hydrogens (tertiary/aromatic N) is 1. The van der Waals surface area contributed by atoms with Crippen LogP contribution in [0.1, 0.15) is 20.8 Å². The minimum absolute atomic E-state index is 0.280. The zero-order valence-electron chi connectivity index (χ0n) is 15.4. The van der Waals surface area contributed by atoms with E-state index in [1.54, 1.807) is 32.1 Å². The number of hydrogen-bond donors (Lipinski definition) is 4. The highest BCUT2D eigenvalue weighted by Gasteiger charge is 2.20. The maximum absolute atomic E-state index is 11.8. The Labute approximate surface area is 151 Å². The number of carbonyl (C=O) groups excluding carboxylic acids is 1. The molecule has 138 valence electrons. The minimum Gasteiger partial charge on any atom is -0.450 e. The van der Waals surface area contributed by atoms with Gasteiger partial charge in [-0.2, -0.15) is 0 Å². The number of nitrogens with one attached hydrogen (secondary N) is 1. The number of nitrogens with two attached hydrogens (primary N) is 2. The highest BCUT2D eigenvalue weighted by atomic mass is 32.3. The van der Waals surface area contributed by atoms with Crippen LogP contribution in [-0.2, 0) is 4.74 Å². The van der Waals surface area contributed by atoms with Gasteiger partial charge in [-0.1, -0.05) is 5.47 Å². The number of carbonyl (C=O) groups is 1. The highest BCUT2D eigenvalue weighted by Crippen LogP contribution is 2.54. The van der Waals surface area contributed by atoms with Crippen molar-refractivity contribution in [3.05, 3.63) is 29.7 Å². The molecule has 0 saturated carbocycles. The topological polar surface area (TPSA) is 123 Å². The van der Waals surface area contributed by atoms with E-state index in [9.17, 15) is 9.82 Å². The van der Waals surface area contributed by atoms with Crippen LogP contribution in [0.2, 0.25) is 0 Å². The molecule has 0 aromatic heterocycles. The second-order valence-corrected chi connectivity index (χ2v) is 9.11. The molecule has 0 aliphatic heterocycles. The predicted octanol–water partition coefficient (Wildman–Crippen LogP) is 2.56. The summed E-state index contributed by atoms with van der Waals surface area (Å²) in [6.07, 6.45) is 5.21. The number of allylic oxidation sites excluding steroid dienone is 2. The Bertz CT molecular complexity index is 690. The quantitative estimate of drug-likeness (QED) is 0.350. The van der Waals surface area contributed by atoms with Crippen LogP contribution in [0.25, 0.3) is 0 Å². The van der Waals surface area contributed by atoms with Crippen molar-refractivity contribution in [2.75, 3.05) is 30.2 Å². The third-order valence-electron chi connectivity index (χ3n) is 3.33. The van der Waals surface area contributed by atoms with Crippen LogP contribution in [-0.4, -0.2) is 43.0 Å². The molecule has 0 spiro atoms. The second-order valence-electron chi connectivity index (χ2n) is 5.94. The van der Waals surface area contributed by atoms with Crippen LogP contribution in [0.15, 0.2) is 39.0 Å². The molecule has 1 aromatic rings. The van der Waals surface area contributed by atoms with Crippen LogP contribution in [0, 0.1) is 0 Å². The number of hydrogen-bond acceptors (Lipinski definition) is 6. The summed E-state index contributed by atoms with van der Waals surface area (Å²) in [6, 6.07) is 5.32. The lowest BCUT2D eigenvalue weighted by Crippen LogP contribution is -2.27. The molecule has 6 N–H and O–H groups in total. The first kappa shape index (κ1) is 21.1. The summed E-state index contributed by atoms with van der Waals surface area (Å²) >= 11 is 0. The molecule has 0 bridgehead atoms. The summed E-state index contributed by atoms with van der Waals surface area (Å²) in [5.74, 6) is 0. The maximum atomic E-state index is 11.8. The molecule has 0 aliphatic carbocycles. The molecule has 0 heterocycles. The Morgan fingerprint density at radius 1 is 1.44 bits per heavy atom. The van der Waals surface area contributed by atoms with Crippen LogP contribution in [0.3, 0.4) is 0 Å². The van der Waals surface area contributed by atoms with Crippen molar-refractivity contribution >= 4 is 40.4 Å².